The van der Waals surface area contributed by atoms with Crippen molar-refractivity contribution in [3.05, 3.63) is 88.2 Å². The van der Waals surface area contributed by atoms with Gasteiger partial charge in [0.25, 0.3) is 12.3 Å². The number of rotatable bonds is 5. The Labute approximate surface area is 208 Å². The van der Waals surface area contributed by atoms with Crippen LogP contribution in [-0.2, 0) is 6.54 Å². The Balaban J connectivity index is 1.37. The third-order valence-electron chi connectivity index (χ3n) is 6.16. The first-order valence-electron chi connectivity index (χ1n) is 11.2. The van der Waals surface area contributed by atoms with Crippen LogP contribution in [0, 0.1) is 11.6 Å². The molecule has 0 saturated carbocycles. The van der Waals surface area contributed by atoms with Crippen molar-refractivity contribution in [3.63, 3.8) is 0 Å². The van der Waals surface area contributed by atoms with Crippen LogP contribution >= 0.6 is 11.6 Å². The van der Waals surface area contributed by atoms with Gasteiger partial charge in [-0.05, 0) is 48.0 Å². The van der Waals surface area contributed by atoms with Gasteiger partial charge in [-0.15, -0.1) is 0 Å². The quantitative estimate of drug-likeness (QED) is 0.340. The molecule has 1 aliphatic heterocycles. The van der Waals surface area contributed by atoms with Gasteiger partial charge in [-0.2, -0.15) is 5.10 Å². The zero-order chi connectivity index (χ0) is 25.4. The number of halogens is 5. The molecule has 6 nitrogen and oxygen atoms in total. The summed E-state index contributed by atoms with van der Waals surface area (Å²) in [7, 11) is 0. The van der Waals surface area contributed by atoms with Crippen molar-refractivity contribution in [3.8, 4) is 11.3 Å². The van der Waals surface area contributed by atoms with Gasteiger partial charge in [0, 0.05) is 43.3 Å². The smallest absolute Gasteiger partial charge is 0.280 e. The number of hydrogen-bond acceptors (Lipinski definition) is 4. The summed E-state index contributed by atoms with van der Waals surface area (Å²) < 4.78 is 55.3. The number of aromatic nitrogens is 3. The molecule has 4 aromatic rings. The first kappa shape index (κ1) is 24.2. The molecule has 0 aliphatic carbocycles. The summed E-state index contributed by atoms with van der Waals surface area (Å²) >= 11 is 6.13. The Hall–Kier alpha value is -3.50. The predicted molar refractivity (Wildman–Crippen MR) is 126 cm³/mol. The molecule has 0 bridgehead atoms. The molecule has 5 rings (SSSR count). The minimum absolute atomic E-state index is 0.0117. The van der Waals surface area contributed by atoms with E-state index in [9.17, 15) is 22.4 Å². The Morgan fingerprint density at radius 3 is 2.33 bits per heavy atom. The van der Waals surface area contributed by atoms with E-state index in [1.165, 1.54) is 48.7 Å². The van der Waals surface area contributed by atoms with Gasteiger partial charge >= 0.3 is 0 Å². The summed E-state index contributed by atoms with van der Waals surface area (Å²) in [6.07, 6.45) is -1.62. The summed E-state index contributed by atoms with van der Waals surface area (Å²) in [5, 5.41) is 4.35. The number of hydrogen-bond donors (Lipinski definition) is 0. The van der Waals surface area contributed by atoms with Gasteiger partial charge in [0.2, 0.25) is 0 Å². The van der Waals surface area contributed by atoms with Gasteiger partial charge in [0.1, 0.15) is 22.9 Å². The van der Waals surface area contributed by atoms with Gasteiger partial charge in [-0.3, -0.25) is 9.69 Å². The van der Waals surface area contributed by atoms with Crippen LogP contribution in [0.3, 0.4) is 0 Å². The van der Waals surface area contributed by atoms with Crippen LogP contribution in [0.5, 0.6) is 0 Å². The minimum Gasteiger partial charge on any atom is -0.336 e. The van der Waals surface area contributed by atoms with Crippen LogP contribution in [0.2, 0.25) is 5.02 Å². The molecular formula is C25H20ClF4N5O. The molecule has 2 aromatic heterocycles. The number of alkyl halides is 2. The highest BCUT2D eigenvalue weighted by atomic mass is 35.5. The van der Waals surface area contributed by atoms with Gasteiger partial charge in [-0.25, -0.2) is 27.1 Å². The summed E-state index contributed by atoms with van der Waals surface area (Å²) in [5.74, 6) is -1.23. The number of carbonyl (C=O) groups is 1. The van der Waals surface area contributed by atoms with Crippen LogP contribution < -0.4 is 0 Å². The van der Waals surface area contributed by atoms with Crippen LogP contribution in [0.15, 0.2) is 54.7 Å². The van der Waals surface area contributed by atoms with Crippen LogP contribution in [0.25, 0.3) is 16.9 Å². The molecule has 11 heteroatoms. The van der Waals surface area contributed by atoms with E-state index in [2.05, 4.69) is 15.0 Å². The largest absolute Gasteiger partial charge is 0.336 e. The number of benzene rings is 2. The van der Waals surface area contributed by atoms with Gasteiger partial charge in [0.15, 0.2) is 5.65 Å². The highest BCUT2D eigenvalue weighted by molar-refractivity contribution is 6.31. The molecule has 3 heterocycles. The maximum absolute atomic E-state index is 13.8. The third kappa shape index (κ3) is 4.78. The number of nitrogens with zero attached hydrogens (tertiary/aromatic N) is 5. The molecule has 0 atom stereocenters. The maximum atomic E-state index is 13.8. The zero-order valence-corrected chi connectivity index (χ0v) is 19.6. The van der Waals surface area contributed by atoms with E-state index in [1.54, 1.807) is 11.0 Å². The molecule has 2 aromatic carbocycles. The lowest BCUT2D eigenvalue weighted by molar-refractivity contribution is 0.0630. The Kier molecular flexibility index (Phi) is 6.63. The average molecular weight is 518 g/mol. The second-order valence-corrected chi connectivity index (χ2v) is 8.88. The summed E-state index contributed by atoms with van der Waals surface area (Å²) in [5.41, 5.74) is 1.12. The van der Waals surface area contributed by atoms with Crippen LogP contribution in [0.1, 0.15) is 28.0 Å². The molecule has 1 aliphatic rings. The van der Waals surface area contributed by atoms with Crippen LogP contribution in [-0.4, -0.2) is 56.5 Å². The number of amides is 1. The molecule has 1 fully saturated rings. The molecule has 36 heavy (non-hydrogen) atoms. The molecule has 1 amide bonds. The van der Waals surface area contributed by atoms with Gasteiger partial charge < -0.3 is 4.90 Å². The molecule has 0 unspecified atom stereocenters. The monoisotopic (exact) mass is 517 g/mol. The highest BCUT2D eigenvalue weighted by Crippen LogP contribution is 2.28. The van der Waals surface area contributed by atoms with E-state index < -0.39 is 23.8 Å². The SMILES string of the molecule is O=C(c1cnn2c(C(F)F)cc(-c3ccc(F)cc3)nc12)N1CCN(Cc2ccc(F)cc2Cl)CC1. The highest BCUT2D eigenvalue weighted by Gasteiger charge is 2.27. The second kappa shape index (κ2) is 9.87. The zero-order valence-electron chi connectivity index (χ0n) is 18.8. The van der Waals surface area contributed by atoms with E-state index in [4.69, 9.17) is 11.6 Å². The standard InChI is InChI=1S/C25H20ClF4N5O/c26-20-11-18(28)6-3-16(20)14-33-7-9-34(10-8-33)25(36)19-13-31-35-22(23(29)30)12-21(32-24(19)35)15-1-4-17(27)5-2-15/h1-6,11-13,23H,7-10,14H2. The molecule has 186 valence electrons. The summed E-state index contributed by atoms with van der Waals surface area (Å²) in [6, 6.07) is 10.7. The van der Waals surface area contributed by atoms with Crippen molar-refractivity contribution in [2.75, 3.05) is 26.2 Å². The minimum atomic E-state index is -2.86. The normalized spacial score (nSPS) is 14.7. The molecular weight excluding hydrogens is 498 g/mol. The Morgan fingerprint density at radius 2 is 1.67 bits per heavy atom. The second-order valence-electron chi connectivity index (χ2n) is 8.47. The van der Waals surface area contributed by atoms with Crippen molar-refractivity contribution in [1.29, 1.82) is 0 Å². The molecule has 1 saturated heterocycles. The summed E-state index contributed by atoms with van der Waals surface area (Å²) in [6.45, 7) is 2.41. The van der Waals surface area contributed by atoms with E-state index in [0.717, 1.165) is 10.1 Å². The third-order valence-corrected chi connectivity index (χ3v) is 6.51. The molecule has 0 N–H and O–H groups in total. The Morgan fingerprint density at radius 1 is 0.972 bits per heavy atom. The van der Waals surface area contributed by atoms with Crippen molar-refractivity contribution < 1.29 is 22.4 Å². The van der Waals surface area contributed by atoms with E-state index in [1.807, 2.05) is 0 Å². The van der Waals surface area contributed by atoms with Crippen molar-refractivity contribution in [2.24, 2.45) is 0 Å². The van der Waals surface area contributed by atoms with E-state index in [0.29, 0.717) is 43.3 Å². The van der Waals surface area contributed by atoms with Gasteiger partial charge in [-0.1, -0.05) is 17.7 Å². The molecule has 0 radical (unpaired) electrons. The number of piperazine rings is 1. The lowest BCUT2D eigenvalue weighted by Crippen LogP contribution is -2.48. The lowest BCUT2D eigenvalue weighted by atomic mass is 10.1. The first-order valence-corrected chi connectivity index (χ1v) is 11.6. The maximum Gasteiger partial charge on any atom is 0.280 e. The lowest BCUT2D eigenvalue weighted by Gasteiger charge is -2.34. The Bertz CT molecular complexity index is 1420. The number of fused-ring (bicyclic) bond motifs is 1. The first-order chi connectivity index (χ1) is 17.3. The van der Waals surface area contributed by atoms with Crippen molar-refractivity contribution >= 4 is 23.2 Å². The van der Waals surface area contributed by atoms with Crippen LogP contribution in [0.4, 0.5) is 17.6 Å². The average Bonchev–Trinajstić information content (AvgIpc) is 3.29. The predicted octanol–water partition coefficient (Wildman–Crippen LogP) is 5.22. The molecule has 0 spiro atoms. The fourth-order valence-corrected chi connectivity index (χ4v) is 4.46. The number of carbonyl (C=O) groups excluding carboxylic acids is 1. The van der Waals surface area contributed by atoms with E-state index in [-0.39, 0.29) is 22.8 Å². The van der Waals surface area contributed by atoms with Gasteiger partial charge in [0.05, 0.1) is 11.9 Å². The summed E-state index contributed by atoms with van der Waals surface area (Å²) in [4.78, 5) is 21.5. The van der Waals surface area contributed by atoms with E-state index >= 15 is 0 Å². The van der Waals surface area contributed by atoms with Crippen molar-refractivity contribution in [2.45, 2.75) is 13.0 Å². The van der Waals surface area contributed by atoms with Crippen molar-refractivity contribution in [1.82, 2.24) is 24.4 Å². The fourth-order valence-electron chi connectivity index (χ4n) is 4.23. The topological polar surface area (TPSA) is 53.7 Å². The fraction of sp³-hybridized carbons (Fsp3) is 0.240.